The van der Waals surface area contributed by atoms with Gasteiger partial charge in [0.1, 0.15) is 6.04 Å². The average Bonchev–Trinajstić information content (AvgIpc) is 2.90. The quantitative estimate of drug-likeness (QED) is 0.207. The van der Waals surface area contributed by atoms with E-state index in [9.17, 15) is 29.4 Å². The summed E-state index contributed by atoms with van der Waals surface area (Å²) in [5, 5.41) is 34.0. The average molecular weight is 545 g/mol. The van der Waals surface area contributed by atoms with Crippen molar-refractivity contribution in [3.63, 3.8) is 0 Å². The van der Waals surface area contributed by atoms with Crippen molar-refractivity contribution < 1.29 is 44.0 Å². The van der Waals surface area contributed by atoms with Gasteiger partial charge < -0.3 is 46.1 Å². The van der Waals surface area contributed by atoms with E-state index in [4.69, 9.17) is 20.3 Å². The van der Waals surface area contributed by atoms with Crippen LogP contribution in [0.5, 0.6) is 23.0 Å². The monoisotopic (exact) mass is 544 g/mol. The summed E-state index contributed by atoms with van der Waals surface area (Å²) >= 11 is 0. The van der Waals surface area contributed by atoms with E-state index in [0.717, 1.165) is 0 Å². The molecule has 1 fully saturated rings. The van der Waals surface area contributed by atoms with E-state index < -0.39 is 53.3 Å². The zero-order valence-electron chi connectivity index (χ0n) is 21.6. The van der Waals surface area contributed by atoms with Gasteiger partial charge in [-0.25, -0.2) is 0 Å². The Morgan fingerprint density at radius 1 is 1.05 bits per heavy atom. The number of hydrogen-bond acceptors (Lipinski definition) is 9. The van der Waals surface area contributed by atoms with Crippen LogP contribution in [0.1, 0.15) is 46.4 Å². The van der Waals surface area contributed by atoms with Gasteiger partial charge in [-0.05, 0) is 30.7 Å². The number of nitrogens with zero attached hydrogens (tertiary/aromatic N) is 1. The lowest BCUT2D eigenvalue weighted by molar-refractivity contribution is -0.150. The molecule has 2 aromatic carbocycles. The minimum absolute atomic E-state index is 0.114. The van der Waals surface area contributed by atoms with E-state index >= 15 is 0 Å². The fourth-order valence-electron chi connectivity index (χ4n) is 4.32. The third-order valence-corrected chi connectivity index (χ3v) is 6.57. The first kappa shape index (κ1) is 29.0. The molecule has 39 heavy (non-hydrogen) atoms. The molecule has 0 aliphatic carbocycles. The van der Waals surface area contributed by atoms with Crippen LogP contribution in [-0.2, 0) is 9.59 Å². The van der Waals surface area contributed by atoms with Gasteiger partial charge in [-0.15, -0.1) is 0 Å². The molecule has 0 aromatic heterocycles. The van der Waals surface area contributed by atoms with Crippen molar-refractivity contribution >= 4 is 23.7 Å². The van der Waals surface area contributed by atoms with Crippen molar-refractivity contribution in [2.45, 2.75) is 37.4 Å². The Hall–Kier alpha value is -4.52. The van der Waals surface area contributed by atoms with Gasteiger partial charge in [0.05, 0.1) is 31.0 Å². The van der Waals surface area contributed by atoms with Crippen LogP contribution in [0.3, 0.4) is 0 Å². The minimum atomic E-state index is -1.26. The third kappa shape index (κ3) is 6.49. The number of methoxy groups -OCH3 is 2. The number of phenolic OH excluding ortho intramolecular Hbond substituents is 2. The predicted molar refractivity (Wildman–Crippen MR) is 138 cm³/mol. The SMILES string of the molecule is COc1cccc(C(=O)NCC[C@]2(N)CCN2C(=O)C(CCC(=O)O)NC(=O)c2cccc(O)c2O)c1OC. The molecule has 7 N–H and O–H groups in total. The zero-order valence-corrected chi connectivity index (χ0v) is 21.6. The Kier molecular flexibility index (Phi) is 9.20. The Bertz CT molecular complexity index is 1250. The summed E-state index contributed by atoms with van der Waals surface area (Å²) in [6.07, 6.45) is -0.0290. The van der Waals surface area contributed by atoms with E-state index in [-0.39, 0.29) is 42.8 Å². The molecule has 0 radical (unpaired) electrons. The second-order valence-electron chi connectivity index (χ2n) is 9.02. The first-order chi connectivity index (χ1) is 18.5. The number of aliphatic carboxylic acids is 1. The fraction of sp³-hybridized carbons (Fsp3) is 0.385. The second-order valence-corrected chi connectivity index (χ2v) is 9.02. The van der Waals surface area contributed by atoms with Gasteiger partial charge in [-0.2, -0.15) is 0 Å². The van der Waals surface area contributed by atoms with Crippen LogP contribution in [0.4, 0.5) is 0 Å². The molecule has 1 saturated heterocycles. The lowest BCUT2D eigenvalue weighted by atomic mass is 9.90. The Morgan fingerprint density at radius 2 is 1.74 bits per heavy atom. The molecule has 210 valence electrons. The molecule has 1 aliphatic rings. The summed E-state index contributed by atoms with van der Waals surface area (Å²) in [4.78, 5) is 51.4. The van der Waals surface area contributed by atoms with Gasteiger partial charge in [0.2, 0.25) is 5.91 Å². The fourth-order valence-corrected chi connectivity index (χ4v) is 4.32. The number of nitrogens with one attached hydrogen (secondary N) is 2. The molecule has 13 nitrogen and oxygen atoms in total. The van der Waals surface area contributed by atoms with Gasteiger partial charge in [0.25, 0.3) is 11.8 Å². The van der Waals surface area contributed by atoms with Crippen molar-refractivity contribution in [2.24, 2.45) is 5.73 Å². The molecule has 3 amide bonds. The molecular formula is C26H32N4O9. The number of carboxylic acids is 1. The van der Waals surface area contributed by atoms with Crippen LogP contribution in [0.2, 0.25) is 0 Å². The van der Waals surface area contributed by atoms with Crippen molar-refractivity contribution in [1.82, 2.24) is 15.5 Å². The van der Waals surface area contributed by atoms with Crippen molar-refractivity contribution in [2.75, 3.05) is 27.3 Å². The first-order valence-corrected chi connectivity index (χ1v) is 12.2. The molecule has 1 aliphatic heterocycles. The topological polar surface area (TPSA) is 201 Å². The summed E-state index contributed by atoms with van der Waals surface area (Å²) < 4.78 is 10.5. The maximum absolute atomic E-state index is 13.4. The number of amides is 3. The number of hydrogen-bond donors (Lipinski definition) is 6. The van der Waals surface area contributed by atoms with Crippen LogP contribution in [0, 0.1) is 0 Å². The predicted octanol–water partition coefficient (Wildman–Crippen LogP) is 0.786. The molecule has 13 heteroatoms. The molecule has 0 spiro atoms. The summed E-state index contributed by atoms with van der Waals surface area (Å²) in [5.41, 5.74) is 5.31. The van der Waals surface area contributed by atoms with Crippen LogP contribution < -0.4 is 25.8 Å². The Labute approximate surface area is 224 Å². The van der Waals surface area contributed by atoms with Crippen molar-refractivity contribution in [1.29, 1.82) is 0 Å². The van der Waals surface area contributed by atoms with Gasteiger partial charge in [-0.1, -0.05) is 12.1 Å². The maximum atomic E-state index is 13.4. The van der Waals surface area contributed by atoms with Crippen molar-refractivity contribution in [3.8, 4) is 23.0 Å². The number of para-hydroxylation sites is 2. The normalized spacial score (nSPS) is 16.9. The number of ether oxygens (including phenoxy) is 2. The van der Waals surface area contributed by atoms with Crippen LogP contribution in [0.15, 0.2) is 36.4 Å². The molecule has 1 unspecified atom stereocenters. The van der Waals surface area contributed by atoms with E-state index in [1.165, 1.54) is 37.3 Å². The first-order valence-electron chi connectivity index (χ1n) is 12.2. The number of benzene rings is 2. The van der Waals surface area contributed by atoms with Crippen molar-refractivity contribution in [3.05, 3.63) is 47.5 Å². The highest BCUT2D eigenvalue weighted by molar-refractivity contribution is 6.00. The number of carbonyl (C=O) groups is 4. The molecular weight excluding hydrogens is 512 g/mol. The van der Waals surface area contributed by atoms with Crippen LogP contribution in [-0.4, -0.2) is 82.9 Å². The van der Waals surface area contributed by atoms with E-state index in [0.29, 0.717) is 12.2 Å². The standard InChI is InChI=1S/C26H32N4O9/c1-38-19-8-4-6-16(22(19)39-2)23(35)28-13-11-26(27)12-14-30(26)25(37)17(9-10-20(32)33)29-24(36)15-5-3-7-18(31)21(15)34/h3-8,17,31,34H,9-14,27H2,1-2H3,(H,28,35)(H,29,36)(H,32,33)/t17?,26-/m1/s1. The number of carbonyl (C=O) groups excluding carboxylic acids is 3. The third-order valence-electron chi connectivity index (χ3n) is 6.57. The summed E-state index contributed by atoms with van der Waals surface area (Å²) in [6.45, 7) is 0.382. The number of phenols is 2. The number of rotatable bonds is 12. The highest BCUT2D eigenvalue weighted by Gasteiger charge is 2.46. The molecule has 2 atom stereocenters. The summed E-state index contributed by atoms with van der Waals surface area (Å²) in [5.74, 6) is -3.58. The lowest BCUT2D eigenvalue weighted by Gasteiger charge is -2.51. The Balaban J connectivity index is 1.67. The molecule has 2 aromatic rings. The van der Waals surface area contributed by atoms with Gasteiger partial charge >= 0.3 is 5.97 Å². The van der Waals surface area contributed by atoms with Crippen LogP contribution in [0.25, 0.3) is 0 Å². The maximum Gasteiger partial charge on any atom is 0.303 e. The van der Waals surface area contributed by atoms with Gasteiger partial charge in [0, 0.05) is 32.4 Å². The highest BCUT2D eigenvalue weighted by Crippen LogP contribution is 2.32. The highest BCUT2D eigenvalue weighted by atomic mass is 16.5. The lowest BCUT2D eigenvalue weighted by Crippen LogP contribution is -2.71. The smallest absolute Gasteiger partial charge is 0.303 e. The van der Waals surface area contributed by atoms with Crippen LogP contribution >= 0.6 is 0 Å². The van der Waals surface area contributed by atoms with E-state index in [1.54, 1.807) is 18.2 Å². The van der Waals surface area contributed by atoms with Gasteiger partial charge in [0.15, 0.2) is 23.0 Å². The van der Waals surface area contributed by atoms with E-state index in [2.05, 4.69) is 10.6 Å². The number of aromatic hydroxyl groups is 2. The molecule has 1 heterocycles. The zero-order chi connectivity index (χ0) is 28.7. The number of carboxylic acid groups (broad SMARTS) is 1. The Morgan fingerprint density at radius 3 is 2.36 bits per heavy atom. The largest absolute Gasteiger partial charge is 0.504 e. The number of likely N-dealkylation sites (tertiary alicyclic amines) is 1. The van der Waals surface area contributed by atoms with E-state index in [1.807, 2.05) is 0 Å². The molecule has 0 bridgehead atoms. The summed E-state index contributed by atoms with van der Waals surface area (Å²) in [7, 11) is 2.88. The minimum Gasteiger partial charge on any atom is -0.504 e. The number of nitrogens with two attached hydrogens (primary N) is 1. The second kappa shape index (κ2) is 12.3. The molecule has 0 saturated carbocycles. The summed E-state index contributed by atoms with van der Waals surface area (Å²) in [6, 6.07) is 7.40. The molecule has 3 rings (SSSR count). The van der Waals surface area contributed by atoms with Gasteiger partial charge in [-0.3, -0.25) is 19.2 Å².